The van der Waals surface area contributed by atoms with Crippen LogP contribution in [0.2, 0.25) is 0 Å². The number of allylic oxidation sites excluding steroid dienone is 8. The van der Waals surface area contributed by atoms with Crippen LogP contribution in [0.1, 0.15) is 86.0 Å². The number of carbonyl (C=O) groups excluding carboxylic acids is 1. The van der Waals surface area contributed by atoms with Gasteiger partial charge in [0.05, 0.1) is 0 Å². The molecule has 0 atom stereocenters. The minimum Gasteiger partial charge on any atom is -0.300 e. The molecule has 0 aromatic rings. The van der Waals surface area contributed by atoms with Gasteiger partial charge in [-0.1, -0.05) is 47.1 Å². The molecule has 130 valence electrons. The molecular formula is C22H36O. The van der Waals surface area contributed by atoms with Gasteiger partial charge in [-0.05, 0) is 79.6 Å². The lowest BCUT2D eigenvalue weighted by atomic mass is 10.0. The molecule has 0 radical (unpaired) electrons. The van der Waals surface area contributed by atoms with Gasteiger partial charge in [0.1, 0.15) is 5.78 Å². The van der Waals surface area contributed by atoms with E-state index in [1.165, 1.54) is 23.1 Å². The van der Waals surface area contributed by atoms with Gasteiger partial charge < -0.3 is 4.79 Å². The highest BCUT2D eigenvalue weighted by molar-refractivity contribution is 5.75. The number of hydrogen-bond acceptors (Lipinski definition) is 1. The molecule has 0 saturated carbocycles. The summed E-state index contributed by atoms with van der Waals surface area (Å²) in [6, 6.07) is 0. The largest absolute Gasteiger partial charge is 0.300 e. The van der Waals surface area contributed by atoms with Crippen molar-refractivity contribution in [2.75, 3.05) is 0 Å². The van der Waals surface area contributed by atoms with E-state index in [9.17, 15) is 4.79 Å². The van der Waals surface area contributed by atoms with Gasteiger partial charge in [-0.15, -0.1) is 0 Å². The first-order valence-electron chi connectivity index (χ1n) is 9.03. The molecule has 0 aromatic carbocycles. The molecule has 0 rings (SSSR count). The SMILES string of the molecule is C/C=C/CC/C(C)=C\CC/C(C)=C/CC/C(C)=C\CCC(C)=O. The molecule has 0 heterocycles. The van der Waals surface area contributed by atoms with E-state index in [0.29, 0.717) is 6.42 Å². The number of rotatable bonds is 12. The Balaban J connectivity index is 3.94. The van der Waals surface area contributed by atoms with Gasteiger partial charge in [0.25, 0.3) is 0 Å². The average Bonchev–Trinajstić information content (AvgIpc) is 2.47. The van der Waals surface area contributed by atoms with Gasteiger partial charge in [0.15, 0.2) is 0 Å². The summed E-state index contributed by atoms with van der Waals surface area (Å²) < 4.78 is 0. The van der Waals surface area contributed by atoms with Crippen LogP contribution in [0, 0.1) is 0 Å². The Bertz CT molecular complexity index is 447. The number of Topliss-reactive ketones (excluding diaryl/α,β-unsaturated/α-hetero) is 1. The van der Waals surface area contributed by atoms with Crippen molar-refractivity contribution >= 4 is 5.78 Å². The van der Waals surface area contributed by atoms with E-state index in [4.69, 9.17) is 0 Å². The Kier molecular flexibility index (Phi) is 13.4. The monoisotopic (exact) mass is 316 g/mol. The molecule has 0 amide bonds. The summed E-state index contributed by atoms with van der Waals surface area (Å²) in [6.07, 6.45) is 19.7. The summed E-state index contributed by atoms with van der Waals surface area (Å²) in [6.45, 7) is 10.4. The predicted molar refractivity (Wildman–Crippen MR) is 104 cm³/mol. The fraction of sp³-hybridized carbons (Fsp3) is 0.591. The zero-order valence-corrected chi connectivity index (χ0v) is 16.0. The zero-order valence-electron chi connectivity index (χ0n) is 16.0. The lowest BCUT2D eigenvalue weighted by Crippen LogP contribution is -1.87. The molecule has 0 saturated heterocycles. The molecule has 0 aliphatic rings. The first-order chi connectivity index (χ1) is 11.0. The molecule has 0 spiro atoms. The second-order valence-corrected chi connectivity index (χ2v) is 6.58. The highest BCUT2D eigenvalue weighted by Crippen LogP contribution is 2.13. The standard InChI is InChI=1S/C22H36O/c1-6-7-8-12-19(2)13-9-14-20(3)15-10-16-21(4)17-11-18-22(5)23/h6-7,13,15,17H,8-12,14,16,18H2,1-5H3/b7-6+,19-13-,20-15+,21-17-. The second-order valence-electron chi connectivity index (χ2n) is 6.58. The van der Waals surface area contributed by atoms with E-state index >= 15 is 0 Å². The maximum Gasteiger partial charge on any atom is 0.130 e. The summed E-state index contributed by atoms with van der Waals surface area (Å²) in [5.41, 5.74) is 4.38. The van der Waals surface area contributed by atoms with Crippen LogP contribution in [0.15, 0.2) is 47.1 Å². The molecule has 23 heavy (non-hydrogen) atoms. The Morgan fingerprint density at radius 2 is 1.04 bits per heavy atom. The van der Waals surface area contributed by atoms with Crippen molar-refractivity contribution < 1.29 is 4.79 Å². The van der Waals surface area contributed by atoms with Crippen molar-refractivity contribution in [2.24, 2.45) is 0 Å². The molecule has 0 aliphatic carbocycles. The Morgan fingerprint density at radius 3 is 1.43 bits per heavy atom. The van der Waals surface area contributed by atoms with E-state index in [1.807, 2.05) is 0 Å². The van der Waals surface area contributed by atoms with Gasteiger partial charge in [0, 0.05) is 6.42 Å². The zero-order chi connectivity index (χ0) is 17.5. The average molecular weight is 317 g/mol. The van der Waals surface area contributed by atoms with Gasteiger partial charge in [-0.25, -0.2) is 0 Å². The third-order valence-electron chi connectivity index (χ3n) is 3.99. The van der Waals surface area contributed by atoms with Crippen LogP contribution in [0.5, 0.6) is 0 Å². The lowest BCUT2D eigenvalue weighted by molar-refractivity contribution is -0.116. The van der Waals surface area contributed by atoms with Crippen LogP contribution in [-0.4, -0.2) is 5.78 Å². The minimum atomic E-state index is 0.277. The van der Waals surface area contributed by atoms with Crippen molar-refractivity contribution in [1.82, 2.24) is 0 Å². The summed E-state index contributed by atoms with van der Waals surface area (Å²) in [7, 11) is 0. The van der Waals surface area contributed by atoms with E-state index in [-0.39, 0.29) is 5.78 Å². The van der Waals surface area contributed by atoms with E-state index < -0.39 is 0 Å². The molecule has 0 aromatic heterocycles. The van der Waals surface area contributed by atoms with Gasteiger partial charge in [0.2, 0.25) is 0 Å². The Hall–Kier alpha value is -1.37. The first kappa shape index (κ1) is 21.6. The molecule has 0 bridgehead atoms. The van der Waals surface area contributed by atoms with E-state index in [0.717, 1.165) is 38.5 Å². The molecule has 1 nitrogen and oxygen atoms in total. The van der Waals surface area contributed by atoms with Gasteiger partial charge in [-0.3, -0.25) is 0 Å². The Morgan fingerprint density at radius 1 is 0.652 bits per heavy atom. The quantitative estimate of drug-likeness (QED) is 0.350. The van der Waals surface area contributed by atoms with Gasteiger partial charge in [-0.2, -0.15) is 0 Å². The fourth-order valence-corrected chi connectivity index (χ4v) is 2.40. The molecule has 0 N–H and O–H groups in total. The maximum atomic E-state index is 10.9. The highest BCUT2D eigenvalue weighted by atomic mass is 16.1. The van der Waals surface area contributed by atoms with Gasteiger partial charge >= 0.3 is 0 Å². The first-order valence-corrected chi connectivity index (χ1v) is 9.03. The van der Waals surface area contributed by atoms with Crippen LogP contribution in [0.4, 0.5) is 0 Å². The van der Waals surface area contributed by atoms with Crippen LogP contribution in [0.25, 0.3) is 0 Å². The molecule has 0 aliphatic heterocycles. The molecule has 0 fully saturated rings. The normalized spacial score (nSPS) is 13.9. The minimum absolute atomic E-state index is 0.277. The molecule has 1 heteroatoms. The topological polar surface area (TPSA) is 17.1 Å². The highest BCUT2D eigenvalue weighted by Gasteiger charge is 1.94. The number of hydrogen-bond donors (Lipinski definition) is 0. The van der Waals surface area contributed by atoms with E-state index in [1.54, 1.807) is 6.92 Å². The summed E-state index contributed by atoms with van der Waals surface area (Å²) >= 11 is 0. The molecule has 0 unspecified atom stereocenters. The van der Waals surface area contributed by atoms with Crippen LogP contribution in [-0.2, 0) is 4.79 Å². The van der Waals surface area contributed by atoms with E-state index in [2.05, 4.69) is 58.1 Å². The number of carbonyl (C=O) groups is 1. The third-order valence-corrected chi connectivity index (χ3v) is 3.99. The summed E-state index contributed by atoms with van der Waals surface area (Å²) in [5.74, 6) is 0.277. The summed E-state index contributed by atoms with van der Waals surface area (Å²) in [5, 5.41) is 0. The van der Waals surface area contributed by atoms with Crippen LogP contribution >= 0.6 is 0 Å². The van der Waals surface area contributed by atoms with Crippen molar-refractivity contribution in [1.29, 1.82) is 0 Å². The van der Waals surface area contributed by atoms with Crippen molar-refractivity contribution in [2.45, 2.75) is 86.0 Å². The van der Waals surface area contributed by atoms with Crippen LogP contribution in [0.3, 0.4) is 0 Å². The van der Waals surface area contributed by atoms with Crippen molar-refractivity contribution in [3.05, 3.63) is 47.1 Å². The number of ketones is 1. The van der Waals surface area contributed by atoms with Crippen LogP contribution < -0.4 is 0 Å². The predicted octanol–water partition coefficient (Wildman–Crippen LogP) is 7.11. The molecular weight excluding hydrogens is 280 g/mol. The third kappa shape index (κ3) is 15.3. The lowest BCUT2D eigenvalue weighted by Gasteiger charge is -2.02. The maximum absolute atomic E-state index is 10.9. The fourth-order valence-electron chi connectivity index (χ4n) is 2.40. The Labute approximate surface area is 144 Å². The van der Waals surface area contributed by atoms with Crippen molar-refractivity contribution in [3.63, 3.8) is 0 Å². The smallest absolute Gasteiger partial charge is 0.130 e. The van der Waals surface area contributed by atoms with Crippen molar-refractivity contribution in [3.8, 4) is 0 Å². The summed E-state index contributed by atoms with van der Waals surface area (Å²) in [4.78, 5) is 10.9. The second kappa shape index (κ2) is 14.2.